The van der Waals surface area contributed by atoms with Crippen molar-refractivity contribution in [1.82, 2.24) is 14.1 Å². The van der Waals surface area contributed by atoms with Gasteiger partial charge in [0.15, 0.2) is 0 Å². The molecule has 2 heterocycles. The standard InChI is InChI=1S/C25H31ClN4O5S/c1-28-12-14-29(15-13-28)25(32)18-5-7-20(8-6-18)27-24(31)19-4-3-11-30(17-19)36(33,34)21-9-10-23(35-2)22(26)16-21/h5-10,16,19H,3-4,11-15,17H2,1-2H3,(H,27,31)/t19-/m1/s1. The Kier molecular flexibility index (Phi) is 8.19. The molecule has 0 radical (unpaired) electrons. The minimum Gasteiger partial charge on any atom is -0.495 e. The van der Waals surface area contributed by atoms with Crippen LogP contribution in [0.2, 0.25) is 5.02 Å². The van der Waals surface area contributed by atoms with Crippen LogP contribution in [0.5, 0.6) is 5.75 Å². The number of sulfonamides is 1. The molecule has 2 aromatic rings. The maximum Gasteiger partial charge on any atom is 0.253 e. The molecule has 0 saturated carbocycles. The largest absolute Gasteiger partial charge is 0.495 e. The highest BCUT2D eigenvalue weighted by Gasteiger charge is 2.33. The predicted octanol–water partition coefficient (Wildman–Crippen LogP) is 2.78. The van der Waals surface area contributed by atoms with Gasteiger partial charge in [0.2, 0.25) is 15.9 Å². The van der Waals surface area contributed by atoms with Crippen molar-refractivity contribution in [2.24, 2.45) is 5.92 Å². The maximum absolute atomic E-state index is 13.2. The first-order valence-electron chi connectivity index (χ1n) is 11.9. The predicted molar refractivity (Wildman–Crippen MR) is 138 cm³/mol. The van der Waals surface area contributed by atoms with Gasteiger partial charge in [-0.3, -0.25) is 9.59 Å². The topological polar surface area (TPSA) is 99.3 Å². The summed E-state index contributed by atoms with van der Waals surface area (Å²) < 4.78 is 32.8. The summed E-state index contributed by atoms with van der Waals surface area (Å²) in [5, 5.41) is 3.08. The highest BCUT2D eigenvalue weighted by molar-refractivity contribution is 7.89. The van der Waals surface area contributed by atoms with E-state index in [2.05, 4.69) is 10.2 Å². The van der Waals surface area contributed by atoms with Crippen LogP contribution in [0.4, 0.5) is 5.69 Å². The number of carbonyl (C=O) groups excluding carboxylic acids is 2. The smallest absolute Gasteiger partial charge is 0.253 e. The molecule has 0 unspecified atom stereocenters. The van der Waals surface area contributed by atoms with Crippen LogP contribution in [-0.4, -0.2) is 87.8 Å². The lowest BCUT2D eigenvalue weighted by molar-refractivity contribution is -0.120. The van der Waals surface area contributed by atoms with Crippen LogP contribution in [0, 0.1) is 5.92 Å². The third-order valence-corrected chi connectivity index (χ3v) is 8.86. The van der Waals surface area contributed by atoms with E-state index in [4.69, 9.17) is 16.3 Å². The molecule has 4 rings (SSSR count). The van der Waals surface area contributed by atoms with Crippen molar-refractivity contribution in [3.05, 3.63) is 53.1 Å². The number of hydrogen-bond acceptors (Lipinski definition) is 6. The number of carbonyl (C=O) groups is 2. The monoisotopic (exact) mass is 534 g/mol. The summed E-state index contributed by atoms with van der Waals surface area (Å²) in [6, 6.07) is 11.2. The second kappa shape index (κ2) is 11.2. The number of likely N-dealkylation sites (N-methyl/N-ethyl adjacent to an activating group) is 1. The number of halogens is 1. The van der Waals surface area contributed by atoms with E-state index >= 15 is 0 Å². The van der Waals surface area contributed by atoms with Gasteiger partial charge in [0.25, 0.3) is 5.91 Å². The van der Waals surface area contributed by atoms with Crippen LogP contribution in [0.25, 0.3) is 0 Å². The van der Waals surface area contributed by atoms with Crippen molar-refractivity contribution >= 4 is 39.1 Å². The van der Waals surface area contributed by atoms with Gasteiger partial charge < -0.3 is 19.9 Å². The lowest BCUT2D eigenvalue weighted by atomic mass is 9.98. The van der Waals surface area contributed by atoms with E-state index in [0.717, 1.165) is 13.1 Å². The average molecular weight is 535 g/mol. The van der Waals surface area contributed by atoms with Crippen molar-refractivity contribution in [3.8, 4) is 5.75 Å². The third-order valence-electron chi connectivity index (χ3n) is 6.71. The van der Waals surface area contributed by atoms with Gasteiger partial charge in [0.05, 0.1) is 22.9 Å². The van der Waals surface area contributed by atoms with Gasteiger partial charge in [-0.05, 0) is 62.4 Å². The zero-order chi connectivity index (χ0) is 25.9. The zero-order valence-electron chi connectivity index (χ0n) is 20.4. The molecule has 0 aliphatic carbocycles. The van der Waals surface area contributed by atoms with Gasteiger partial charge in [0, 0.05) is 50.5 Å². The first-order chi connectivity index (χ1) is 17.2. The Bertz CT molecular complexity index is 1210. The highest BCUT2D eigenvalue weighted by atomic mass is 35.5. The van der Waals surface area contributed by atoms with Crippen molar-refractivity contribution < 1.29 is 22.7 Å². The van der Waals surface area contributed by atoms with E-state index in [9.17, 15) is 18.0 Å². The van der Waals surface area contributed by atoms with E-state index in [0.29, 0.717) is 49.5 Å². The quantitative estimate of drug-likeness (QED) is 0.612. The summed E-state index contributed by atoms with van der Waals surface area (Å²) in [5.74, 6) is -0.370. The molecule has 9 nitrogen and oxygen atoms in total. The van der Waals surface area contributed by atoms with Crippen molar-refractivity contribution in [1.29, 1.82) is 0 Å². The summed E-state index contributed by atoms with van der Waals surface area (Å²) in [7, 11) is -0.313. The van der Waals surface area contributed by atoms with Gasteiger partial charge in [-0.15, -0.1) is 0 Å². The van der Waals surface area contributed by atoms with Crippen LogP contribution >= 0.6 is 11.6 Å². The van der Waals surface area contributed by atoms with E-state index in [-0.39, 0.29) is 28.3 Å². The molecule has 1 atom stereocenters. The van der Waals surface area contributed by atoms with Crippen LogP contribution in [0.3, 0.4) is 0 Å². The maximum atomic E-state index is 13.2. The highest BCUT2D eigenvalue weighted by Crippen LogP contribution is 2.30. The molecule has 2 aliphatic rings. The van der Waals surface area contributed by atoms with Crippen LogP contribution in [0.15, 0.2) is 47.4 Å². The molecule has 2 aliphatic heterocycles. The second-order valence-electron chi connectivity index (χ2n) is 9.16. The zero-order valence-corrected chi connectivity index (χ0v) is 22.0. The first-order valence-corrected chi connectivity index (χ1v) is 13.7. The minimum absolute atomic E-state index is 0.0206. The molecule has 2 amide bonds. The Hall–Kier alpha value is -2.66. The van der Waals surface area contributed by atoms with Gasteiger partial charge in [-0.25, -0.2) is 8.42 Å². The molecule has 2 aromatic carbocycles. The number of benzene rings is 2. The molecule has 194 valence electrons. The Balaban J connectivity index is 1.38. The lowest BCUT2D eigenvalue weighted by Crippen LogP contribution is -2.47. The molecule has 0 bridgehead atoms. The molecule has 2 fully saturated rings. The van der Waals surface area contributed by atoms with Gasteiger partial charge in [0.1, 0.15) is 5.75 Å². The first kappa shape index (κ1) is 26.4. The molecule has 2 saturated heterocycles. The molecule has 1 N–H and O–H groups in total. The summed E-state index contributed by atoms with van der Waals surface area (Å²) in [5.41, 5.74) is 1.14. The third kappa shape index (κ3) is 5.83. The van der Waals surface area contributed by atoms with Crippen LogP contribution in [-0.2, 0) is 14.8 Å². The fourth-order valence-electron chi connectivity index (χ4n) is 4.46. The molecule has 36 heavy (non-hydrogen) atoms. The van der Waals surface area contributed by atoms with Crippen LogP contribution in [0.1, 0.15) is 23.2 Å². The Morgan fingerprint density at radius 2 is 1.72 bits per heavy atom. The van der Waals surface area contributed by atoms with E-state index < -0.39 is 15.9 Å². The van der Waals surface area contributed by atoms with Gasteiger partial charge in [-0.1, -0.05) is 11.6 Å². The summed E-state index contributed by atoms with van der Waals surface area (Å²) in [4.78, 5) is 29.8. The number of ether oxygens (including phenoxy) is 1. The number of nitrogens with zero attached hydrogens (tertiary/aromatic N) is 3. The molecule has 0 aromatic heterocycles. The van der Waals surface area contributed by atoms with Gasteiger partial charge >= 0.3 is 0 Å². The minimum atomic E-state index is -3.81. The number of rotatable bonds is 6. The van der Waals surface area contributed by atoms with Crippen molar-refractivity contribution in [2.75, 3.05) is 58.7 Å². The number of amides is 2. The molecular formula is C25H31ClN4O5S. The second-order valence-corrected chi connectivity index (χ2v) is 11.5. The number of hydrogen-bond donors (Lipinski definition) is 1. The van der Waals surface area contributed by atoms with Crippen molar-refractivity contribution in [3.63, 3.8) is 0 Å². The number of anilines is 1. The fraction of sp³-hybridized carbons (Fsp3) is 0.440. The number of nitrogens with one attached hydrogen (secondary N) is 1. The lowest BCUT2D eigenvalue weighted by Gasteiger charge is -2.32. The average Bonchev–Trinajstić information content (AvgIpc) is 2.89. The molecule has 0 spiro atoms. The van der Waals surface area contributed by atoms with E-state index in [1.165, 1.54) is 29.6 Å². The normalized spacial score (nSPS) is 19.6. The molecular weight excluding hydrogens is 504 g/mol. The Morgan fingerprint density at radius 3 is 2.36 bits per heavy atom. The van der Waals surface area contributed by atoms with E-state index in [1.807, 2.05) is 11.9 Å². The SMILES string of the molecule is COc1ccc(S(=O)(=O)N2CCC[C@@H](C(=O)Nc3ccc(C(=O)N4CCN(C)CC4)cc3)C2)cc1Cl. The number of piperidine rings is 1. The van der Waals surface area contributed by atoms with Crippen molar-refractivity contribution in [2.45, 2.75) is 17.7 Å². The number of piperazine rings is 1. The Labute approximate surface area is 217 Å². The fourth-order valence-corrected chi connectivity index (χ4v) is 6.34. The molecule has 11 heteroatoms. The summed E-state index contributed by atoms with van der Waals surface area (Å²) in [6.07, 6.45) is 1.15. The number of methoxy groups -OCH3 is 1. The van der Waals surface area contributed by atoms with E-state index in [1.54, 1.807) is 24.3 Å². The Morgan fingerprint density at radius 1 is 1.03 bits per heavy atom. The van der Waals surface area contributed by atoms with Gasteiger partial charge in [-0.2, -0.15) is 4.31 Å². The summed E-state index contributed by atoms with van der Waals surface area (Å²) in [6.45, 7) is 3.49. The summed E-state index contributed by atoms with van der Waals surface area (Å²) >= 11 is 6.13. The van der Waals surface area contributed by atoms with Crippen LogP contribution < -0.4 is 10.1 Å².